The van der Waals surface area contributed by atoms with Crippen LogP contribution in [0.5, 0.6) is 11.5 Å². The van der Waals surface area contributed by atoms with Crippen molar-refractivity contribution in [1.82, 2.24) is 0 Å². The molecule has 3 aromatic carbocycles. The Morgan fingerprint density at radius 3 is 2.52 bits per heavy atom. The minimum absolute atomic E-state index is 0.0468. The largest absolute Gasteiger partial charge is 0.496 e. The van der Waals surface area contributed by atoms with Crippen LogP contribution in [0.3, 0.4) is 0 Å². The van der Waals surface area contributed by atoms with E-state index in [9.17, 15) is 14.9 Å². The molecule has 0 aliphatic heterocycles. The van der Waals surface area contributed by atoms with E-state index in [2.05, 4.69) is 5.32 Å². The molecule has 1 N–H and O–H groups in total. The maximum absolute atomic E-state index is 12.7. The first-order valence-electron chi connectivity index (χ1n) is 8.89. The van der Waals surface area contributed by atoms with E-state index in [4.69, 9.17) is 9.47 Å². The minimum Gasteiger partial charge on any atom is -0.496 e. The maximum atomic E-state index is 12.7. The van der Waals surface area contributed by atoms with E-state index >= 15 is 0 Å². The molecule has 0 saturated heterocycles. The van der Waals surface area contributed by atoms with Gasteiger partial charge in [0.25, 0.3) is 11.6 Å². The van der Waals surface area contributed by atoms with Crippen LogP contribution in [-0.4, -0.2) is 17.9 Å². The van der Waals surface area contributed by atoms with Crippen LogP contribution < -0.4 is 14.8 Å². The molecule has 0 bridgehead atoms. The normalized spacial score (nSPS) is 10.3. The van der Waals surface area contributed by atoms with Crippen LogP contribution in [0.25, 0.3) is 0 Å². The summed E-state index contributed by atoms with van der Waals surface area (Å²) < 4.78 is 11.1. The fraction of sp³-hybridized carbons (Fsp3) is 0.136. The fourth-order valence-electron chi connectivity index (χ4n) is 2.86. The quantitative estimate of drug-likeness (QED) is 0.463. The lowest BCUT2D eigenvalue weighted by Gasteiger charge is -2.13. The van der Waals surface area contributed by atoms with Gasteiger partial charge in [0, 0.05) is 17.2 Å². The van der Waals surface area contributed by atoms with Crippen molar-refractivity contribution < 1.29 is 19.2 Å². The zero-order valence-corrected chi connectivity index (χ0v) is 16.0. The van der Waals surface area contributed by atoms with E-state index in [1.54, 1.807) is 38.3 Å². The molecule has 7 heteroatoms. The third kappa shape index (κ3) is 4.70. The van der Waals surface area contributed by atoms with Crippen LogP contribution in [0.4, 0.5) is 11.4 Å². The SMILES string of the molecule is COc1ccc(C(=O)Nc2cccc([N+](=O)[O-])c2C)cc1COc1ccccc1. The highest BCUT2D eigenvalue weighted by Gasteiger charge is 2.16. The Kier molecular flexibility index (Phi) is 6.09. The number of amides is 1. The molecule has 3 rings (SSSR count). The predicted molar refractivity (Wildman–Crippen MR) is 110 cm³/mol. The third-order valence-corrected chi connectivity index (χ3v) is 4.43. The van der Waals surface area contributed by atoms with Crippen molar-refractivity contribution in [2.45, 2.75) is 13.5 Å². The predicted octanol–water partition coefficient (Wildman–Crippen LogP) is 4.74. The van der Waals surface area contributed by atoms with E-state index in [1.165, 1.54) is 12.1 Å². The molecule has 3 aromatic rings. The molecule has 0 aliphatic carbocycles. The second-order valence-electron chi connectivity index (χ2n) is 6.29. The standard InChI is InChI=1S/C22H20N2O5/c1-15-19(9-6-10-20(15)24(26)27)23-22(25)16-11-12-21(28-2)17(13-16)14-29-18-7-4-3-5-8-18/h3-13H,14H2,1-2H3,(H,23,25). The van der Waals surface area contributed by atoms with Gasteiger partial charge < -0.3 is 14.8 Å². The monoisotopic (exact) mass is 392 g/mol. The van der Waals surface area contributed by atoms with Crippen molar-refractivity contribution in [3.63, 3.8) is 0 Å². The Morgan fingerprint density at radius 1 is 1.07 bits per heavy atom. The molecule has 148 valence electrons. The Hall–Kier alpha value is -3.87. The molecule has 1 amide bonds. The van der Waals surface area contributed by atoms with E-state index in [0.29, 0.717) is 33.9 Å². The van der Waals surface area contributed by atoms with Gasteiger partial charge in [-0.2, -0.15) is 0 Å². The van der Waals surface area contributed by atoms with Gasteiger partial charge in [0.05, 0.1) is 23.3 Å². The van der Waals surface area contributed by atoms with Crippen LogP contribution in [0.2, 0.25) is 0 Å². The fourth-order valence-corrected chi connectivity index (χ4v) is 2.86. The summed E-state index contributed by atoms with van der Waals surface area (Å²) in [6, 6.07) is 18.9. The van der Waals surface area contributed by atoms with Gasteiger partial charge in [-0.1, -0.05) is 24.3 Å². The van der Waals surface area contributed by atoms with Gasteiger partial charge in [0.15, 0.2) is 0 Å². The first-order chi connectivity index (χ1) is 14.0. The summed E-state index contributed by atoms with van der Waals surface area (Å²) in [5.74, 6) is 0.929. The van der Waals surface area contributed by atoms with Gasteiger partial charge >= 0.3 is 0 Å². The van der Waals surface area contributed by atoms with Crippen molar-refractivity contribution >= 4 is 17.3 Å². The molecule has 7 nitrogen and oxygen atoms in total. The highest BCUT2D eigenvalue weighted by molar-refractivity contribution is 6.05. The number of hydrogen-bond acceptors (Lipinski definition) is 5. The molecule has 29 heavy (non-hydrogen) atoms. The Bertz CT molecular complexity index is 1030. The van der Waals surface area contributed by atoms with E-state index < -0.39 is 4.92 Å². The maximum Gasteiger partial charge on any atom is 0.274 e. The van der Waals surface area contributed by atoms with Crippen molar-refractivity contribution in [3.05, 3.63) is 93.5 Å². The summed E-state index contributed by atoms with van der Waals surface area (Å²) in [7, 11) is 1.55. The van der Waals surface area contributed by atoms with Crippen LogP contribution in [0.1, 0.15) is 21.5 Å². The third-order valence-electron chi connectivity index (χ3n) is 4.43. The van der Waals surface area contributed by atoms with Crippen LogP contribution in [0.15, 0.2) is 66.7 Å². The van der Waals surface area contributed by atoms with Crippen molar-refractivity contribution in [2.75, 3.05) is 12.4 Å². The van der Waals surface area contributed by atoms with E-state index in [-0.39, 0.29) is 18.2 Å². The topological polar surface area (TPSA) is 90.7 Å². The van der Waals surface area contributed by atoms with Crippen molar-refractivity contribution in [1.29, 1.82) is 0 Å². The first kappa shape index (κ1) is 19.9. The number of nitro groups is 1. The average molecular weight is 392 g/mol. The number of nitrogens with one attached hydrogen (secondary N) is 1. The summed E-state index contributed by atoms with van der Waals surface area (Å²) in [4.78, 5) is 23.3. The minimum atomic E-state index is -0.475. The Balaban J connectivity index is 1.81. The molecule has 0 radical (unpaired) electrons. The molecule has 0 atom stereocenters. The van der Waals surface area contributed by atoms with Gasteiger partial charge in [-0.25, -0.2) is 0 Å². The number of hydrogen-bond donors (Lipinski definition) is 1. The molecule has 0 aliphatic rings. The summed E-state index contributed by atoms with van der Waals surface area (Å²) in [5.41, 5.74) is 1.84. The molecule has 0 saturated carbocycles. The zero-order chi connectivity index (χ0) is 20.8. The van der Waals surface area contributed by atoms with E-state index in [0.717, 1.165) is 0 Å². The molecule has 0 heterocycles. The lowest BCUT2D eigenvalue weighted by molar-refractivity contribution is -0.385. The second-order valence-corrected chi connectivity index (χ2v) is 6.29. The van der Waals surface area contributed by atoms with Crippen molar-refractivity contribution in [2.24, 2.45) is 0 Å². The Labute approximate surface area is 168 Å². The lowest BCUT2D eigenvalue weighted by atomic mass is 10.1. The number of para-hydroxylation sites is 1. The molecule has 0 fully saturated rings. The number of benzene rings is 3. The second kappa shape index (κ2) is 8.88. The summed E-state index contributed by atoms with van der Waals surface area (Å²) in [5, 5.41) is 13.8. The molecule has 0 aromatic heterocycles. The Morgan fingerprint density at radius 2 is 1.83 bits per heavy atom. The van der Waals surface area contributed by atoms with Gasteiger partial charge in [-0.3, -0.25) is 14.9 Å². The molecule has 0 unspecified atom stereocenters. The summed E-state index contributed by atoms with van der Waals surface area (Å²) in [6.07, 6.45) is 0. The van der Waals surface area contributed by atoms with Crippen molar-refractivity contribution in [3.8, 4) is 11.5 Å². The molecule has 0 spiro atoms. The van der Waals surface area contributed by atoms with Crippen LogP contribution in [0, 0.1) is 17.0 Å². The number of rotatable bonds is 7. The number of carbonyl (C=O) groups excluding carboxylic acids is 1. The smallest absolute Gasteiger partial charge is 0.274 e. The van der Waals surface area contributed by atoms with Gasteiger partial charge in [-0.15, -0.1) is 0 Å². The lowest BCUT2D eigenvalue weighted by Crippen LogP contribution is -2.14. The zero-order valence-electron chi connectivity index (χ0n) is 16.0. The summed E-state index contributed by atoms with van der Waals surface area (Å²) in [6.45, 7) is 1.82. The number of nitro benzene ring substituents is 1. The molecular weight excluding hydrogens is 372 g/mol. The van der Waals surface area contributed by atoms with Crippen LogP contribution in [-0.2, 0) is 6.61 Å². The van der Waals surface area contributed by atoms with E-state index in [1.807, 2.05) is 30.3 Å². The highest BCUT2D eigenvalue weighted by Crippen LogP contribution is 2.27. The number of anilines is 1. The van der Waals surface area contributed by atoms with Gasteiger partial charge in [0.1, 0.15) is 18.1 Å². The number of nitrogens with zero attached hydrogens (tertiary/aromatic N) is 1. The number of ether oxygens (including phenoxy) is 2. The van der Waals surface area contributed by atoms with Crippen LogP contribution >= 0.6 is 0 Å². The molecular formula is C22H20N2O5. The number of carbonyl (C=O) groups is 1. The van der Waals surface area contributed by atoms with Gasteiger partial charge in [0.2, 0.25) is 0 Å². The highest BCUT2D eigenvalue weighted by atomic mass is 16.6. The average Bonchev–Trinajstić information content (AvgIpc) is 2.74. The summed E-state index contributed by atoms with van der Waals surface area (Å²) >= 11 is 0. The van der Waals surface area contributed by atoms with Gasteiger partial charge in [-0.05, 0) is 43.3 Å². The first-order valence-corrected chi connectivity index (χ1v) is 8.89. The number of methoxy groups -OCH3 is 1.